The third kappa shape index (κ3) is 7.78. The van der Waals surface area contributed by atoms with Gasteiger partial charge in [0.15, 0.2) is 0 Å². The number of hydrogen-bond donors (Lipinski definition) is 0. The fraction of sp³-hybridized carbons (Fsp3) is 0.550. The fourth-order valence-corrected chi connectivity index (χ4v) is 3.09. The molecule has 1 saturated carbocycles. The number of rotatable bonds is 0. The van der Waals surface area contributed by atoms with Crippen LogP contribution in [0.3, 0.4) is 0 Å². The molecule has 154 valence electrons. The van der Waals surface area contributed by atoms with E-state index in [0.29, 0.717) is 12.3 Å². The van der Waals surface area contributed by atoms with Gasteiger partial charge in [0, 0.05) is 65.4 Å². The quantitative estimate of drug-likeness (QED) is 0.169. The van der Waals surface area contributed by atoms with Crippen molar-refractivity contribution in [1.29, 1.82) is 0 Å². The van der Waals surface area contributed by atoms with E-state index in [-0.39, 0.29) is 77.3 Å². The summed E-state index contributed by atoms with van der Waals surface area (Å²) in [5.41, 5.74) is -2.23. The molecule has 0 heterocycles. The van der Waals surface area contributed by atoms with Crippen molar-refractivity contribution < 1.29 is 91.8 Å². The summed E-state index contributed by atoms with van der Waals surface area (Å²) < 4.78 is 72.4. The molecule has 3 rings (SSSR count). The molecule has 8 heteroatoms. The van der Waals surface area contributed by atoms with Crippen LogP contribution >= 0.6 is 0 Å². The summed E-state index contributed by atoms with van der Waals surface area (Å²) in [4.78, 5) is 0. The second-order valence-corrected chi connectivity index (χ2v) is 6.68. The number of fused-ring (bicyclic) bond motifs is 2. The van der Waals surface area contributed by atoms with Gasteiger partial charge in [0.25, 0.3) is 0 Å². The van der Waals surface area contributed by atoms with Gasteiger partial charge in [-0.25, -0.2) is 0 Å². The number of allylic oxidation sites excluding steroid dienone is 8. The Balaban J connectivity index is 0. The molecule has 28 heavy (non-hydrogen) atoms. The molecule has 3 atom stereocenters. The minimum absolute atomic E-state index is 0. The van der Waals surface area contributed by atoms with Crippen LogP contribution in [0.2, 0.25) is 0 Å². The van der Waals surface area contributed by atoms with E-state index >= 15 is 0 Å². The first-order chi connectivity index (χ1) is 11.9. The van der Waals surface area contributed by atoms with E-state index in [1.54, 1.807) is 13.0 Å². The smallest absolute Gasteiger partial charge is 0.381 e. The van der Waals surface area contributed by atoms with Crippen LogP contribution in [0, 0.1) is 29.2 Å². The largest absolute Gasteiger partial charge is 0.492 e. The molecule has 3 aliphatic carbocycles. The monoisotopic (exact) mass is 556 g/mol. The van der Waals surface area contributed by atoms with E-state index in [2.05, 4.69) is 24.3 Å². The van der Waals surface area contributed by atoms with Crippen molar-refractivity contribution in [3.8, 4) is 0 Å². The average Bonchev–Trinajstić information content (AvgIpc) is 3.27. The molecule has 0 saturated heterocycles. The van der Waals surface area contributed by atoms with Gasteiger partial charge in [0.05, 0.1) is 0 Å². The summed E-state index contributed by atoms with van der Waals surface area (Å²) in [5.74, 6) is 0.335. The minimum atomic E-state index is -4.19. The van der Waals surface area contributed by atoms with Crippen molar-refractivity contribution in [2.75, 3.05) is 0 Å². The minimum Gasteiger partial charge on any atom is -0.492 e. The van der Waals surface area contributed by atoms with Crippen LogP contribution in [0.4, 0.5) is 26.3 Å². The summed E-state index contributed by atoms with van der Waals surface area (Å²) >= 11 is 0. The second kappa shape index (κ2) is 12.6. The Labute approximate surface area is 214 Å². The summed E-state index contributed by atoms with van der Waals surface area (Å²) in [5, 5.41) is 0. The van der Waals surface area contributed by atoms with Crippen LogP contribution in [0.15, 0.2) is 42.0 Å². The molecule has 0 aromatic carbocycles. The summed E-state index contributed by atoms with van der Waals surface area (Å²) in [6.45, 7) is 5.20. The molecule has 0 spiro atoms. The van der Waals surface area contributed by atoms with E-state index in [4.69, 9.17) is 0 Å². The normalized spacial score (nSPS) is 28.0. The molecule has 1 fully saturated rings. The molecule has 0 N–H and O–H groups in total. The molecule has 3 unspecified atom stereocenters. The molecule has 0 aromatic rings. The molecule has 0 aliphatic heterocycles. The first-order valence-corrected chi connectivity index (χ1v) is 8.34. The van der Waals surface area contributed by atoms with E-state index in [1.165, 1.54) is 13.8 Å². The Hall–Kier alpha value is 0.748. The van der Waals surface area contributed by atoms with Gasteiger partial charge in [-0.3, -0.25) is 5.92 Å². The Bertz CT molecular complexity index is 576. The van der Waals surface area contributed by atoms with Gasteiger partial charge in [0.1, 0.15) is 0 Å². The first kappa shape index (κ1) is 30.9. The van der Waals surface area contributed by atoms with Gasteiger partial charge in [-0.15, -0.1) is 12.0 Å². The van der Waals surface area contributed by atoms with Crippen LogP contribution in [-0.2, 0) is 65.4 Å². The summed E-state index contributed by atoms with van der Waals surface area (Å²) in [6, 6.07) is 0. The molecule has 0 amide bonds. The Morgan fingerprint density at radius 3 is 1.71 bits per heavy atom. The molecule has 0 aromatic heterocycles. The van der Waals surface area contributed by atoms with Gasteiger partial charge in [-0.1, -0.05) is 56.1 Å². The Morgan fingerprint density at radius 1 is 1.04 bits per heavy atom. The van der Waals surface area contributed by atoms with Crippen LogP contribution in [0.5, 0.6) is 0 Å². The van der Waals surface area contributed by atoms with Gasteiger partial charge < -0.3 is 6.08 Å². The van der Waals surface area contributed by atoms with E-state index in [9.17, 15) is 26.3 Å². The Morgan fingerprint density at radius 2 is 1.54 bits per heavy atom. The molecular weight excluding hydrogens is 532 g/mol. The third-order valence-corrected chi connectivity index (χ3v) is 5.25. The van der Waals surface area contributed by atoms with Crippen molar-refractivity contribution in [3.63, 3.8) is 0 Å². The predicted molar refractivity (Wildman–Crippen MR) is 90.9 cm³/mol. The van der Waals surface area contributed by atoms with Crippen molar-refractivity contribution >= 4 is 0 Å². The van der Waals surface area contributed by atoms with E-state index < -0.39 is 23.3 Å². The maximum absolute atomic E-state index is 12.8. The average molecular weight is 556 g/mol. The molecule has 3 aliphatic rings. The molecule has 0 nitrogen and oxygen atoms in total. The van der Waals surface area contributed by atoms with Gasteiger partial charge >= 0.3 is 12.4 Å². The SMILES string of the molecule is C1=CCC=C1.C[C-]1C2C=CC(C2)C1(C)C(F)(F)F.C[C-]=C(C)C(F)(F)F.[Y].[Y]. The third-order valence-electron chi connectivity index (χ3n) is 5.25. The summed E-state index contributed by atoms with van der Waals surface area (Å²) in [6.07, 6.45) is 7.51. The van der Waals surface area contributed by atoms with Crippen molar-refractivity contribution in [3.05, 3.63) is 54.0 Å². The van der Waals surface area contributed by atoms with Crippen LogP contribution in [0.1, 0.15) is 40.5 Å². The first-order valence-electron chi connectivity index (χ1n) is 8.34. The molecule has 2 bridgehead atoms. The standard InChI is InChI=1S/C10H12F3.C5H6F3.C5H6.2Y/c1-6-7-3-4-8(5-7)9(6,2)10(11,12)13;1-3-4(2)5(6,7)8;1-2-4-5-3-1;;/h3-4,7-8H,5H2,1-2H3;1-2H3;1-4H,5H2;;/q2*-1;;;. The van der Waals surface area contributed by atoms with E-state index in [0.717, 1.165) is 13.3 Å². The maximum Gasteiger partial charge on any atom is 0.381 e. The van der Waals surface area contributed by atoms with Crippen molar-refractivity contribution in [2.45, 2.75) is 52.9 Å². The topological polar surface area (TPSA) is 0 Å². The van der Waals surface area contributed by atoms with Gasteiger partial charge in [0.2, 0.25) is 0 Å². The zero-order valence-corrected chi connectivity index (χ0v) is 22.1. The van der Waals surface area contributed by atoms with Crippen LogP contribution in [0.25, 0.3) is 0 Å². The van der Waals surface area contributed by atoms with E-state index in [1.807, 2.05) is 12.2 Å². The maximum atomic E-state index is 12.8. The Kier molecular flexibility index (Phi) is 13.9. The van der Waals surface area contributed by atoms with Crippen LogP contribution in [-0.4, -0.2) is 12.4 Å². The summed E-state index contributed by atoms with van der Waals surface area (Å²) in [7, 11) is 0. The zero-order valence-electron chi connectivity index (χ0n) is 16.5. The predicted octanol–water partition coefficient (Wildman–Crippen LogP) is 7.17. The van der Waals surface area contributed by atoms with Gasteiger partial charge in [-0.05, 0) is 12.3 Å². The van der Waals surface area contributed by atoms with Crippen molar-refractivity contribution in [2.24, 2.45) is 17.3 Å². The fourth-order valence-electron chi connectivity index (χ4n) is 3.09. The second-order valence-electron chi connectivity index (χ2n) is 6.68. The van der Waals surface area contributed by atoms with Crippen molar-refractivity contribution in [1.82, 2.24) is 0 Å². The molecular formula is C20H24F6Y2-2. The number of alkyl halides is 6. The number of halogens is 6. The zero-order chi connectivity index (χ0) is 20.2. The van der Waals surface area contributed by atoms with Crippen LogP contribution < -0.4 is 0 Å². The molecule has 2 radical (unpaired) electrons. The number of hydrogen-bond acceptors (Lipinski definition) is 0. The van der Waals surface area contributed by atoms with Gasteiger partial charge in [-0.2, -0.15) is 45.8 Å².